The molecule has 2 aliphatic rings. The SMILES string of the molecule is NC(=S)CCN1C(=O)CC2(CCCCC2)CC1=O. The number of hydrogen-bond donors (Lipinski definition) is 1. The maximum atomic E-state index is 12.1. The third-order valence-corrected chi connectivity index (χ3v) is 4.35. The fraction of sp³-hybridized carbons (Fsp3) is 0.769. The molecule has 2 amide bonds. The molecule has 0 atom stereocenters. The lowest BCUT2D eigenvalue weighted by atomic mass is 9.67. The summed E-state index contributed by atoms with van der Waals surface area (Å²) in [5.41, 5.74) is 5.38. The molecule has 18 heavy (non-hydrogen) atoms. The number of carbonyl (C=O) groups is 2. The van der Waals surface area contributed by atoms with Gasteiger partial charge in [-0.2, -0.15) is 0 Å². The Morgan fingerprint density at radius 2 is 1.72 bits per heavy atom. The molecule has 1 saturated carbocycles. The van der Waals surface area contributed by atoms with Crippen LogP contribution in [-0.4, -0.2) is 28.2 Å². The number of carbonyl (C=O) groups excluding carboxylic acids is 2. The molecule has 1 spiro atoms. The first-order valence-corrected chi connectivity index (χ1v) is 7.05. The second-order valence-corrected chi connectivity index (χ2v) is 6.09. The van der Waals surface area contributed by atoms with Gasteiger partial charge < -0.3 is 5.73 Å². The molecular weight excluding hydrogens is 248 g/mol. The van der Waals surface area contributed by atoms with E-state index in [1.807, 2.05) is 0 Å². The minimum atomic E-state index is -0.0376. The second kappa shape index (κ2) is 5.34. The summed E-state index contributed by atoms with van der Waals surface area (Å²) in [7, 11) is 0. The predicted molar refractivity (Wildman–Crippen MR) is 72.9 cm³/mol. The van der Waals surface area contributed by atoms with E-state index in [1.54, 1.807) is 0 Å². The maximum absolute atomic E-state index is 12.1. The number of likely N-dealkylation sites (tertiary alicyclic amines) is 1. The number of thiocarbonyl (C=S) groups is 1. The Morgan fingerprint density at radius 1 is 1.17 bits per heavy atom. The van der Waals surface area contributed by atoms with Crippen molar-refractivity contribution < 1.29 is 9.59 Å². The van der Waals surface area contributed by atoms with Crippen molar-refractivity contribution in [3.63, 3.8) is 0 Å². The molecule has 5 heteroatoms. The molecule has 1 heterocycles. The van der Waals surface area contributed by atoms with Gasteiger partial charge in [-0.25, -0.2) is 0 Å². The molecule has 0 aromatic rings. The van der Waals surface area contributed by atoms with E-state index in [-0.39, 0.29) is 17.2 Å². The number of hydrogen-bond acceptors (Lipinski definition) is 3. The Morgan fingerprint density at radius 3 is 2.22 bits per heavy atom. The molecule has 100 valence electrons. The van der Waals surface area contributed by atoms with Crippen molar-refractivity contribution in [2.45, 2.75) is 51.4 Å². The zero-order chi connectivity index (χ0) is 13.2. The minimum absolute atomic E-state index is 0.0356. The van der Waals surface area contributed by atoms with Crippen LogP contribution in [0.5, 0.6) is 0 Å². The zero-order valence-corrected chi connectivity index (χ0v) is 11.4. The van der Waals surface area contributed by atoms with Crippen LogP contribution in [0.4, 0.5) is 0 Å². The van der Waals surface area contributed by atoms with Gasteiger partial charge in [-0.15, -0.1) is 0 Å². The first-order valence-electron chi connectivity index (χ1n) is 6.64. The molecule has 1 saturated heterocycles. The van der Waals surface area contributed by atoms with Gasteiger partial charge in [0.1, 0.15) is 0 Å². The van der Waals surface area contributed by atoms with Crippen molar-refractivity contribution in [3.05, 3.63) is 0 Å². The van der Waals surface area contributed by atoms with Gasteiger partial charge in [0.25, 0.3) is 0 Å². The normalized spacial score (nSPS) is 23.4. The Balaban J connectivity index is 2.01. The first-order chi connectivity index (χ1) is 8.52. The lowest BCUT2D eigenvalue weighted by molar-refractivity contribution is -0.154. The van der Waals surface area contributed by atoms with E-state index in [4.69, 9.17) is 18.0 Å². The molecule has 0 aromatic carbocycles. The summed E-state index contributed by atoms with van der Waals surface area (Å²) < 4.78 is 0. The van der Waals surface area contributed by atoms with E-state index in [0.717, 1.165) is 25.7 Å². The van der Waals surface area contributed by atoms with Crippen LogP contribution >= 0.6 is 12.2 Å². The third kappa shape index (κ3) is 2.88. The molecule has 0 radical (unpaired) electrons. The van der Waals surface area contributed by atoms with Gasteiger partial charge in [0.05, 0.1) is 4.99 Å². The van der Waals surface area contributed by atoms with Crippen molar-refractivity contribution in [3.8, 4) is 0 Å². The van der Waals surface area contributed by atoms with E-state index in [9.17, 15) is 9.59 Å². The Hall–Kier alpha value is -0.970. The topological polar surface area (TPSA) is 63.4 Å². The molecule has 1 aliphatic carbocycles. The highest BCUT2D eigenvalue weighted by atomic mass is 32.1. The molecule has 4 nitrogen and oxygen atoms in total. The monoisotopic (exact) mass is 268 g/mol. The van der Waals surface area contributed by atoms with Gasteiger partial charge in [-0.3, -0.25) is 14.5 Å². The van der Waals surface area contributed by atoms with Crippen LogP contribution in [0.3, 0.4) is 0 Å². The van der Waals surface area contributed by atoms with E-state index >= 15 is 0 Å². The fourth-order valence-electron chi connectivity index (χ4n) is 3.16. The number of nitrogens with two attached hydrogens (primary N) is 1. The average molecular weight is 268 g/mol. The van der Waals surface area contributed by atoms with E-state index < -0.39 is 0 Å². The van der Waals surface area contributed by atoms with Crippen LogP contribution < -0.4 is 5.73 Å². The van der Waals surface area contributed by atoms with Crippen LogP contribution in [0.15, 0.2) is 0 Å². The number of nitrogens with zero attached hydrogens (tertiary/aromatic N) is 1. The molecule has 2 rings (SSSR count). The highest BCUT2D eigenvalue weighted by Gasteiger charge is 2.43. The van der Waals surface area contributed by atoms with Gasteiger partial charge in [0, 0.05) is 25.8 Å². The zero-order valence-electron chi connectivity index (χ0n) is 10.6. The highest BCUT2D eigenvalue weighted by molar-refractivity contribution is 7.80. The Kier molecular flexibility index (Phi) is 4.00. The summed E-state index contributed by atoms with van der Waals surface area (Å²) in [6.07, 6.45) is 7.05. The molecule has 0 unspecified atom stereocenters. The van der Waals surface area contributed by atoms with Gasteiger partial charge in [0.2, 0.25) is 11.8 Å². The quantitative estimate of drug-likeness (QED) is 0.626. The van der Waals surface area contributed by atoms with Crippen LogP contribution in [0.2, 0.25) is 0 Å². The van der Waals surface area contributed by atoms with E-state index in [1.165, 1.54) is 11.3 Å². The van der Waals surface area contributed by atoms with Gasteiger partial charge in [0.15, 0.2) is 0 Å². The number of piperidine rings is 1. The fourth-order valence-corrected chi connectivity index (χ4v) is 3.25. The predicted octanol–water partition coefficient (Wildman–Crippen LogP) is 1.76. The van der Waals surface area contributed by atoms with Gasteiger partial charge in [-0.05, 0) is 18.3 Å². The number of rotatable bonds is 3. The molecule has 0 bridgehead atoms. The van der Waals surface area contributed by atoms with Crippen LogP contribution in [0.25, 0.3) is 0 Å². The minimum Gasteiger partial charge on any atom is -0.393 e. The number of imide groups is 1. The number of amides is 2. The van der Waals surface area contributed by atoms with Crippen LogP contribution in [0.1, 0.15) is 51.4 Å². The standard InChI is InChI=1S/C13H20N2O2S/c14-10(18)4-7-15-11(16)8-13(9-12(15)17)5-2-1-3-6-13/h1-9H2,(H2,14,18). The molecule has 1 aliphatic heterocycles. The lowest BCUT2D eigenvalue weighted by Crippen LogP contribution is -2.49. The average Bonchev–Trinajstić information content (AvgIpc) is 2.28. The first kappa shape index (κ1) is 13.5. The van der Waals surface area contributed by atoms with Crippen LogP contribution in [0, 0.1) is 5.41 Å². The van der Waals surface area contributed by atoms with Gasteiger partial charge >= 0.3 is 0 Å². The van der Waals surface area contributed by atoms with Crippen molar-refractivity contribution >= 4 is 29.0 Å². The van der Waals surface area contributed by atoms with E-state index in [2.05, 4.69) is 0 Å². The summed E-state index contributed by atoms with van der Waals surface area (Å²) in [5.74, 6) is -0.0752. The van der Waals surface area contributed by atoms with Crippen molar-refractivity contribution in [1.29, 1.82) is 0 Å². The molecule has 2 fully saturated rings. The van der Waals surface area contributed by atoms with E-state index in [0.29, 0.717) is 30.8 Å². The highest BCUT2D eigenvalue weighted by Crippen LogP contribution is 2.45. The maximum Gasteiger partial charge on any atom is 0.229 e. The second-order valence-electron chi connectivity index (χ2n) is 5.57. The van der Waals surface area contributed by atoms with Crippen molar-refractivity contribution in [2.75, 3.05) is 6.54 Å². The summed E-state index contributed by atoms with van der Waals surface area (Å²) >= 11 is 4.79. The van der Waals surface area contributed by atoms with Gasteiger partial charge in [-0.1, -0.05) is 31.5 Å². The molecule has 2 N–H and O–H groups in total. The van der Waals surface area contributed by atoms with Crippen molar-refractivity contribution in [1.82, 2.24) is 4.90 Å². The largest absolute Gasteiger partial charge is 0.393 e. The summed E-state index contributed by atoms with van der Waals surface area (Å²) in [6.45, 7) is 0.350. The molecule has 0 aromatic heterocycles. The Bertz CT molecular complexity index is 355. The smallest absolute Gasteiger partial charge is 0.229 e. The summed E-state index contributed by atoms with van der Waals surface area (Å²) in [6, 6.07) is 0. The van der Waals surface area contributed by atoms with Crippen LogP contribution in [-0.2, 0) is 9.59 Å². The summed E-state index contributed by atoms with van der Waals surface area (Å²) in [5, 5.41) is 0. The summed E-state index contributed by atoms with van der Waals surface area (Å²) in [4.78, 5) is 25.9. The molecular formula is C13H20N2O2S. The Labute approximate surface area is 113 Å². The lowest BCUT2D eigenvalue weighted by Gasteiger charge is -2.42. The van der Waals surface area contributed by atoms with Crippen molar-refractivity contribution in [2.24, 2.45) is 11.1 Å². The third-order valence-electron chi connectivity index (χ3n) is 4.15.